The van der Waals surface area contributed by atoms with Crippen LogP contribution in [0.1, 0.15) is 25.5 Å². The van der Waals surface area contributed by atoms with Gasteiger partial charge in [0.25, 0.3) is 0 Å². The average Bonchev–Trinajstić information content (AvgIpc) is 2.63. The van der Waals surface area contributed by atoms with E-state index in [-0.39, 0.29) is 6.61 Å². The topological polar surface area (TPSA) is 45.4 Å². The van der Waals surface area contributed by atoms with E-state index in [4.69, 9.17) is 21.1 Å². The summed E-state index contributed by atoms with van der Waals surface area (Å²) in [4.78, 5) is 0. The Kier molecular flexibility index (Phi) is 5.76. The molecule has 3 nitrogen and oxygen atoms in total. The Morgan fingerprint density at radius 2 is 2.33 bits per heavy atom. The minimum absolute atomic E-state index is 0.257. The number of furan rings is 1. The van der Waals surface area contributed by atoms with Crippen LogP contribution in [0.4, 0.5) is 0 Å². The van der Waals surface area contributed by atoms with Crippen LogP contribution in [0.15, 0.2) is 16.5 Å². The zero-order valence-corrected chi connectivity index (χ0v) is 9.76. The second kappa shape index (κ2) is 6.88. The van der Waals surface area contributed by atoms with Crippen LogP contribution >= 0.6 is 11.6 Å². The van der Waals surface area contributed by atoms with Gasteiger partial charge in [0.1, 0.15) is 5.76 Å². The molecule has 0 aliphatic carbocycles. The predicted octanol–water partition coefficient (Wildman–Crippen LogP) is 2.43. The van der Waals surface area contributed by atoms with Crippen LogP contribution in [0.2, 0.25) is 5.22 Å². The minimum Gasteiger partial charge on any atom is -0.448 e. The van der Waals surface area contributed by atoms with Crippen LogP contribution in [-0.2, 0) is 6.54 Å². The molecule has 1 aromatic rings. The summed E-state index contributed by atoms with van der Waals surface area (Å²) < 4.78 is 5.21. The molecule has 1 rings (SSSR count). The van der Waals surface area contributed by atoms with Gasteiger partial charge in [-0.1, -0.05) is 13.3 Å². The molecule has 0 saturated carbocycles. The number of aliphatic hydroxyl groups excluding tert-OH is 1. The molecule has 0 radical (unpaired) electrons. The highest BCUT2D eigenvalue weighted by Gasteiger charge is 2.05. The fourth-order valence-electron chi connectivity index (χ4n) is 1.48. The van der Waals surface area contributed by atoms with Crippen molar-refractivity contribution in [3.05, 3.63) is 23.1 Å². The van der Waals surface area contributed by atoms with Crippen LogP contribution in [-0.4, -0.2) is 18.3 Å². The van der Waals surface area contributed by atoms with Gasteiger partial charge < -0.3 is 14.8 Å². The van der Waals surface area contributed by atoms with Gasteiger partial charge in [-0.3, -0.25) is 0 Å². The van der Waals surface area contributed by atoms with E-state index in [1.54, 1.807) is 6.07 Å². The highest BCUT2D eigenvalue weighted by Crippen LogP contribution is 2.13. The second-order valence-corrected chi connectivity index (χ2v) is 4.00. The van der Waals surface area contributed by atoms with Gasteiger partial charge in [-0.05, 0) is 42.6 Å². The van der Waals surface area contributed by atoms with Crippen LogP contribution in [0, 0.1) is 5.92 Å². The monoisotopic (exact) mass is 231 g/mol. The van der Waals surface area contributed by atoms with Gasteiger partial charge in [0.05, 0.1) is 6.54 Å². The number of nitrogens with one attached hydrogen (secondary N) is 1. The summed E-state index contributed by atoms with van der Waals surface area (Å²) in [6, 6.07) is 3.60. The maximum atomic E-state index is 8.82. The van der Waals surface area contributed by atoms with E-state index in [9.17, 15) is 0 Å². The molecule has 0 spiro atoms. The summed E-state index contributed by atoms with van der Waals surface area (Å²) in [6.07, 6.45) is 1.93. The summed E-state index contributed by atoms with van der Waals surface area (Å²) in [5.41, 5.74) is 0. The number of hydrogen-bond donors (Lipinski definition) is 2. The first-order chi connectivity index (χ1) is 7.26. The molecule has 0 aromatic carbocycles. The fraction of sp³-hybridized carbons (Fsp3) is 0.636. The van der Waals surface area contributed by atoms with E-state index >= 15 is 0 Å². The molecule has 4 heteroatoms. The molecular formula is C11H18ClNO2. The normalized spacial score (nSPS) is 13.0. The smallest absolute Gasteiger partial charge is 0.193 e. The first-order valence-corrected chi connectivity index (χ1v) is 5.69. The summed E-state index contributed by atoms with van der Waals surface area (Å²) in [5.74, 6) is 1.37. The number of hydrogen-bond acceptors (Lipinski definition) is 3. The third-order valence-corrected chi connectivity index (χ3v) is 2.68. The van der Waals surface area contributed by atoms with Gasteiger partial charge in [-0.25, -0.2) is 0 Å². The fourth-order valence-corrected chi connectivity index (χ4v) is 1.64. The minimum atomic E-state index is 0.257. The lowest BCUT2D eigenvalue weighted by Crippen LogP contribution is -2.22. The molecule has 0 bridgehead atoms. The van der Waals surface area contributed by atoms with Gasteiger partial charge in [-0.15, -0.1) is 0 Å². The third-order valence-electron chi connectivity index (χ3n) is 2.48. The van der Waals surface area contributed by atoms with Crippen molar-refractivity contribution in [3.8, 4) is 0 Å². The average molecular weight is 232 g/mol. The Bertz CT molecular complexity index is 275. The molecule has 0 aliphatic rings. The lowest BCUT2D eigenvalue weighted by molar-refractivity contribution is 0.250. The number of rotatable bonds is 7. The van der Waals surface area contributed by atoms with E-state index in [0.717, 1.165) is 25.1 Å². The van der Waals surface area contributed by atoms with Crippen molar-refractivity contribution in [2.45, 2.75) is 26.3 Å². The van der Waals surface area contributed by atoms with Crippen molar-refractivity contribution in [1.82, 2.24) is 5.32 Å². The first kappa shape index (κ1) is 12.6. The van der Waals surface area contributed by atoms with Crippen molar-refractivity contribution in [2.75, 3.05) is 13.2 Å². The number of aliphatic hydroxyl groups is 1. The van der Waals surface area contributed by atoms with Gasteiger partial charge in [0.2, 0.25) is 0 Å². The Morgan fingerprint density at radius 1 is 1.53 bits per heavy atom. The standard InChI is InChI=1S/C11H18ClNO2/c1-2-9(5-6-14)7-13-8-10-3-4-11(12)15-10/h3-4,9,13-14H,2,5-8H2,1H3. The Labute approximate surface area is 95.4 Å². The molecule has 2 N–H and O–H groups in total. The molecule has 1 aromatic heterocycles. The molecular weight excluding hydrogens is 214 g/mol. The lowest BCUT2D eigenvalue weighted by Gasteiger charge is -2.13. The van der Waals surface area contributed by atoms with Crippen molar-refractivity contribution in [1.29, 1.82) is 0 Å². The molecule has 1 atom stereocenters. The molecule has 86 valence electrons. The van der Waals surface area contributed by atoms with Gasteiger partial charge in [0.15, 0.2) is 5.22 Å². The second-order valence-electron chi connectivity index (χ2n) is 3.62. The lowest BCUT2D eigenvalue weighted by atomic mass is 10.0. The van der Waals surface area contributed by atoms with Crippen LogP contribution in [0.25, 0.3) is 0 Å². The van der Waals surface area contributed by atoms with Gasteiger partial charge in [-0.2, -0.15) is 0 Å². The number of halogens is 1. The van der Waals surface area contributed by atoms with Gasteiger partial charge in [0, 0.05) is 6.61 Å². The summed E-state index contributed by atoms with van der Waals surface area (Å²) >= 11 is 5.65. The predicted molar refractivity (Wildman–Crippen MR) is 60.9 cm³/mol. The maximum Gasteiger partial charge on any atom is 0.193 e. The van der Waals surface area contributed by atoms with E-state index in [1.165, 1.54) is 0 Å². The highest BCUT2D eigenvalue weighted by atomic mass is 35.5. The summed E-state index contributed by atoms with van der Waals surface area (Å²) in [5, 5.41) is 12.5. The molecule has 0 saturated heterocycles. The van der Waals surface area contributed by atoms with E-state index in [2.05, 4.69) is 12.2 Å². The van der Waals surface area contributed by atoms with E-state index in [0.29, 0.717) is 17.7 Å². The summed E-state index contributed by atoms with van der Waals surface area (Å²) in [6.45, 7) is 3.97. The zero-order valence-electron chi connectivity index (χ0n) is 9.00. The van der Waals surface area contributed by atoms with Crippen molar-refractivity contribution in [3.63, 3.8) is 0 Å². The largest absolute Gasteiger partial charge is 0.448 e. The third kappa shape index (κ3) is 4.69. The first-order valence-electron chi connectivity index (χ1n) is 5.32. The van der Waals surface area contributed by atoms with E-state index in [1.807, 2.05) is 6.07 Å². The van der Waals surface area contributed by atoms with Crippen LogP contribution < -0.4 is 5.32 Å². The SMILES string of the molecule is CCC(CCO)CNCc1ccc(Cl)o1. The van der Waals surface area contributed by atoms with Crippen molar-refractivity contribution in [2.24, 2.45) is 5.92 Å². The maximum absolute atomic E-state index is 8.82. The molecule has 15 heavy (non-hydrogen) atoms. The van der Waals surface area contributed by atoms with Gasteiger partial charge >= 0.3 is 0 Å². The summed E-state index contributed by atoms with van der Waals surface area (Å²) in [7, 11) is 0. The Hall–Kier alpha value is -0.510. The Morgan fingerprint density at radius 3 is 2.87 bits per heavy atom. The molecule has 0 aliphatic heterocycles. The quantitative estimate of drug-likeness (QED) is 0.758. The van der Waals surface area contributed by atoms with Crippen LogP contribution in [0.3, 0.4) is 0 Å². The van der Waals surface area contributed by atoms with Crippen molar-refractivity contribution >= 4 is 11.6 Å². The highest BCUT2D eigenvalue weighted by molar-refractivity contribution is 6.28. The van der Waals surface area contributed by atoms with Crippen LogP contribution in [0.5, 0.6) is 0 Å². The van der Waals surface area contributed by atoms with Crippen molar-refractivity contribution < 1.29 is 9.52 Å². The van der Waals surface area contributed by atoms with E-state index < -0.39 is 0 Å². The zero-order chi connectivity index (χ0) is 11.1. The molecule has 0 amide bonds. The Balaban J connectivity index is 2.20. The molecule has 1 heterocycles. The molecule has 0 fully saturated rings. The molecule has 1 unspecified atom stereocenters.